The van der Waals surface area contributed by atoms with Crippen LogP contribution in [0.3, 0.4) is 0 Å². The van der Waals surface area contributed by atoms with Crippen LogP contribution in [0.5, 0.6) is 0 Å². The molecule has 0 aliphatic heterocycles. The lowest BCUT2D eigenvalue weighted by molar-refractivity contribution is -0.116. The van der Waals surface area contributed by atoms with Crippen LogP contribution in [0, 0.1) is 6.92 Å². The quantitative estimate of drug-likeness (QED) is 0.808. The van der Waals surface area contributed by atoms with Crippen LogP contribution in [0.2, 0.25) is 0 Å². The number of benzene rings is 1. The molecule has 0 aliphatic rings. The highest BCUT2D eigenvalue weighted by Gasteiger charge is 2.14. The van der Waals surface area contributed by atoms with Crippen molar-refractivity contribution in [3.05, 3.63) is 34.9 Å². The molecule has 0 radical (unpaired) electrons. The molecule has 0 heterocycles. The van der Waals surface area contributed by atoms with Gasteiger partial charge in [-0.05, 0) is 36.0 Å². The first-order valence-electron chi connectivity index (χ1n) is 6.61. The van der Waals surface area contributed by atoms with Gasteiger partial charge in [-0.1, -0.05) is 39.0 Å². The van der Waals surface area contributed by atoms with E-state index in [1.807, 2.05) is 0 Å². The fraction of sp³-hybridized carbons (Fsp3) is 0.562. The van der Waals surface area contributed by atoms with Gasteiger partial charge in [-0.15, -0.1) is 0 Å². The Balaban J connectivity index is 2.67. The van der Waals surface area contributed by atoms with E-state index in [0.29, 0.717) is 6.42 Å². The third-order valence-electron chi connectivity index (χ3n) is 3.18. The fourth-order valence-electron chi connectivity index (χ4n) is 1.82. The second-order valence-corrected chi connectivity index (χ2v) is 6.02. The van der Waals surface area contributed by atoms with Gasteiger partial charge in [0.25, 0.3) is 0 Å². The summed E-state index contributed by atoms with van der Waals surface area (Å²) in [6, 6.07) is 6.66. The number of nitrogens with one attached hydrogen (secondary N) is 1. The minimum absolute atomic E-state index is 0.182. The number of carbonyl (C=O) groups is 1. The Morgan fingerprint density at radius 3 is 2.50 bits per heavy atom. The zero-order valence-electron chi connectivity index (χ0n) is 12.3. The predicted octanol–water partition coefficient (Wildman–Crippen LogP) is 3.36. The molecule has 0 bridgehead atoms. The molecule has 0 spiro atoms. The summed E-state index contributed by atoms with van der Waals surface area (Å²) < 4.78 is 0. The van der Waals surface area contributed by atoms with Gasteiger partial charge >= 0.3 is 0 Å². The van der Waals surface area contributed by atoms with Crippen LogP contribution in [0.1, 0.15) is 50.8 Å². The van der Waals surface area contributed by atoms with Crippen molar-refractivity contribution < 1.29 is 4.79 Å². The topological polar surface area (TPSA) is 29.1 Å². The maximum atomic E-state index is 10.9. The van der Waals surface area contributed by atoms with Gasteiger partial charge in [0.2, 0.25) is 0 Å². The van der Waals surface area contributed by atoms with Crippen molar-refractivity contribution in [1.29, 1.82) is 0 Å². The Morgan fingerprint density at radius 1 is 1.28 bits per heavy atom. The number of ketones is 1. The largest absolute Gasteiger partial charge is 0.312 e. The Kier molecular flexibility index (Phi) is 5.09. The average Bonchev–Trinajstić information content (AvgIpc) is 2.24. The summed E-state index contributed by atoms with van der Waals surface area (Å²) in [5.74, 6) is 0.239. The zero-order valence-corrected chi connectivity index (χ0v) is 12.3. The van der Waals surface area contributed by atoms with E-state index in [0.717, 1.165) is 13.1 Å². The minimum atomic E-state index is 0.182. The Morgan fingerprint density at radius 2 is 1.94 bits per heavy atom. The molecule has 1 aromatic rings. The first-order valence-corrected chi connectivity index (χ1v) is 6.61. The molecule has 0 saturated carbocycles. The molecule has 0 fully saturated rings. The summed E-state index contributed by atoms with van der Waals surface area (Å²) in [7, 11) is 0. The standard InChI is InChI=1S/C16H25NO/c1-12-6-7-15(16(3,4)5)10-14(12)11-17-9-8-13(2)18/h6-7,10,17H,8-9,11H2,1-5H3. The van der Waals surface area contributed by atoms with Gasteiger partial charge in [-0.3, -0.25) is 4.79 Å². The molecular weight excluding hydrogens is 222 g/mol. The second-order valence-electron chi connectivity index (χ2n) is 6.02. The SMILES string of the molecule is CC(=O)CCNCc1cc(C(C)(C)C)ccc1C. The van der Waals surface area contributed by atoms with Crippen LogP contribution in [0.15, 0.2) is 18.2 Å². The van der Waals surface area contributed by atoms with Crippen molar-refractivity contribution in [3.8, 4) is 0 Å². The maximum absolute atomic E-state index is 10.9. The van der Waals surface area contributed by atoms with E-state index in [2.05, 4.69) is 51.2 Å². The van der Waals surface area contributed by atoms with Crippen LogP contribution >= 0.6 is 0 Å². The van der Waals surface area contributed by atoms with Crippen LogP contribution < -0.4 is 5.32 Å². The van der Waals surface area contributed by atoms with Crippen molar-refractivity contribution >= 4 is 5.78 Å². The highest BCUT2D eigenvalue weighted by atomic mass is 16.1. The molecule has 0 amide bonds. The van der Waals surface area contributed by atoms with Crippen LogP contribution in [-0.2, 0) is 16.8 Å². The molecule has 0 aromatic heterocycles. The molecule has 1 aromatic carbocycles. The molecule has 1 rings (SSSR count). The number of Topliss-reactive ketones (excluding diaryl/α,β-unsaturated/α-hetero) is 1. The van der Waals surface area contributed by atoms with E-state index in [1.165, 1.54) is 16.7 Å². The summed E-state index contributed by atoms with van der Waals surface area (Å²) in [5, 5.41) is 3.33. The number of rotatable bonds is 5. The van der Waals surface area contributed by atoms with Crippen molar-refractivity contribution in [1.82, 2.24) is 5.32 Å². The molecule has 100 valence electrons. The summed E-state index contributed by atoms with van der Waals surface area (Å²) in [6.45, 7) is 12.0. The molecular formula is C16H25NO. The lowest BCUT2D eigenvalue weighted by Gasteiger charge is -2.21. The van der Waals surface area contributed by atoms with Crippen LogP contribution in [0.25, 0.3) is 0 Å². The second kappa shape index (κ2) is 6.14. The van der Waals surface area contributed by atoms with Gasteiger partial charge in [-0.25, -0.2) is 0 Å². The van der Waals surface area contributed by atoms with Gasteiger partial charge in [0, 0.05) is 19.5 Å². The smallest absolute Gasteiger partial charge is 0.131 e. The number of aryl methyl sites for hydroxylation is 1. The molecule has 1 N–H and O–H groups in total. The average molecular weight is 247 g/mol. The summed E-state index contributed by atoms with van der Waals surface area (Å²) in [6.07, 6.45) is 0.609. The minimum Gasteiger partial charge on any atom is -0.312 e. The van der Waals surface area contributed by atoms with Gasteiger partial charge in [-0.2, -0.15) is 0 Å². The molecule has 2 heteroatoms. The predicted molar refractivity (Wildman–Crippen MR) is 76.9 cm³/mol. The van der Waals surface area contributed by atoms with Crippen molar-refractivity contribution in [3.63, 3.8) is 0 Å². The van der Waals surface area contributed by atoms with E-state index in [1.54, 1.807) is 6.92 Å². The van der Waals surface area contributed by atoms with E-state index in [9.17, 15) is 4.79 Å². The van der Waals surface area contributed by atoms with Crippen molar-refractivity contribution in [2.24, 2.45) is 0 Å². The van der Waals surface area contributed by atoms with E-state index in [4.69, 9.17) is 0 Å². The highest BCUT2D eigenvalue weighted by molar-refractivity contribution is 5.75. The van der Waals surface area contributed by atoms with Crippen LogP contribution in [-0.4, -0.2) is 12.3 Å². The third kappa shape index (κ3) is 4.61. The third-order valence-corrected chi connectivity index (χ3v) is 3.18. The normalized spacial score (nSPS) is 11.6. The lowest BCUT2D eigenvalue weighted by atomic mass is 9.85. The van der Waals surface area contributed by atoms with Gasteiger partial charge < -0.3 is 5.32 Å². The van der Waals surface area contributed by atoms with Gasteiger partial charge in [0.15, 0.2) is 0 Å². The molecule has 0 aliphatic carbocycles. The fourth-order valence-corrected chi connectivity index (χ4v) is 1.82. The highest BCUT2D eigenvalue weighted by Crippen LogP contribution is 2.24. The zero-order chi connectivity index (χ0) is 13.8. The van der Waals surface area contributed by atoms with E-state index >= 15 is 0 Å². The first kappa shape index (κ1) is 14.9. The monoisotopic (exact) mass is 247 g/mol. The van der Waals surface area contributed by atoms with Gasteiger partial charge in [0.05, 0.1) is 0 Å². The summed E-state index contributed by atoms with van der Waals surface area (Å²) in [5.41, 5.74) is 4.17. The van der Waals surface area contributed by atoms with E-state index in [-0.39, 0.29) is 11.2 Å². The summed E-state index contributed by atoms with van der Waals surface area (Å²) in [4.78, 5) is 10.9. The molecule has 0 saturated heterocycles. The molecule has 18 heavy (non-hydrogen) atoms. The van der Waals surface area contributed by atoms with Crippen molar-refractivity contribution in [2.45, 2.75) is 53.0 Å². The number of carbonyl (C=O) groups excluding carboxylic acids is 1. The molecule has 2 nitrogen and oxygen atoms in total. The van der Waals surface area contributed by atoms with Gasteiger partial charge in [0.1, 0.15) is 5.78 Å². The summed E-state index contributed by atoms with van der Waals surface area (Å²) >= 11 is 0. The lowest BCUT2D eigenvalue weighted by Crippen LogP contribution is -2.18. The number of hydrogen-bond donors (Lipinski definition) is 1. The van der Waals surface area contributed by atoms with Crippen molar-refractivity contribution in [2.75, 3.05) is 6.54 Å². The van der Waals surface area contributed by atoms with E-state index < -0.39 is 0 Å². The maximum Gasteiger partial charge on any atom is 0.131 e. The molecule has 0 atom stereocenters. The Labute approximate surface area is 111 Å². The first-order chi connectivity index (χ1) is 8.30. The Bertz CT molecular complexity index is 416. The van der Waals surface area contributed by atoms with Crippen LogP contribution in [0.4, 0.5) is 0 Å². The number of hydrogen-bond acceptors (Lipinski definition) is 2. The Hall–Kier alpha value is -1.15. The molecule has 0 unspecified atom stereocenters.